The SMILES string of the molecule is CCC(CC)C(=O)OC[C@@]1(F)O[C@@H](n2ccc(OC3CC3)nc2=O)[C@@H]2OC(=O)O[C@@H]21. The summed E-state index contributed by atoms with van der Waals surface area (Å²) >= 11 is 0. The standard InChI is InChI=1S/C19H23FN2O8/c1-3-10(4-2)16(23)26-9-19(20)14-13(28-18(25)29-14)15(30-19)22-8-7-12(21-17(22)24)27-11-5-6-11/h7-8,10-11,13-15H,3-6,9H2,1-2H3/t13-,14+,15-,19-/m1/s1. The van der Waals surface area contributed by atoms with Gasteiger partial charge < -0.3 is 23.7 Å². The Bertz CT molecular complexity index is 884. The minimum absolute atomic E-state index is 0.0484. The highest BCUT2D eigenvalue weighted by Gasteiger charge is 2.65. The molecule has 0 N–H and O–H groups in total. The molecule has 4 atom stereocenters. The lowest BCUT2D eigenvalue weighted by atomic mass is 10.0. The van der Waals surface area contributed by atoms with E-state index in [1.54, 1.807) is 0 Å². The molecule has 3 fully saturated rings. The van der Waals surface area contributed by atoms with Crippen LogP contribution in [0.3, 0.4) is 0 Å². The quantitative estimate of drug-likeness (QED) is 0.574. The van der Waals surface area contributed by atoms with Crippen LogP contribution >= 0.6 is 0 Å². The fourth-order valence-corrected chi connectivity index (χ4v) is 3.50. The Morgan fingerprint density at radius 2 is 2.07 bits per heavy atom. The normalized spacial score (nSPS) is 30.0. The Morgan fingerprint density at radius 1 is 1.33 bits per heavy atom. The molecule has 0 spiro atoms. The summed E-state index contributed by atoms with van der Waals surface area (Å²) in [5.41, 5.74) is -0.766. The van der Waals surface area contributed by atoms with Crippen LogP contribution in [-0.4, -0.2) is 52.4 Å². The van der Waals surface area contributed by atoms with Crippen LogP contribution in [0.4, 0.5) is 9.18 Å². The molecule has 4 rings (SSSR count). The number of rotatable bonds is 8. The summed E-state index contributed by atoms with van der Waals surface area (Å²) in [5.74, 6) is -3.48. The first kappa shape index (κ1) is 20.6. The smallest absolute Gasteiger partial charge is 0.474 e. The fraction of sp³-hybridized carbons (Fsp3) is 0.684. The van der Waals surface area contributed by atoms with Gasteiger partial charge in [0.2, 0.25) is 12.0 Å². The molecule has 1 aliphatic carbocycles. The van der Waals surface area contributed by atoms with Crippen LogP contribution < -0.4 is 10.4 Å². The molecule has 2 aliphatic heterocycles. The molecule has 11 heteroatoms. The van der Waals surface area contributed by atoms with Gasteiger partial charge in [0.05, 0.1) is 5.92 Å². The first-order valence-electron chi connectivity index (χ1n) is 10.0. The highest BCUT2D eigenvalue weighted by atomic mass is 19.2. The van der Waals surface area contributed by atoms with Gasteiger partial charge in [-0.2, -0.15) is 4.98 Å². The van der Waals surface area contributed by atoms with Crippen molar-refractivity contribution < 1.29 is 37.7 Å². The second-order valence-corrected chi connectivity index (χ2v) is 7.56. The average molecular weight is 426 g/mol. The number of alkyl halides is 1. The molecule has 3 aliphatic rings. The van der Waals surface area contributed by atoms with E-state index < -0.39 is 48.7 Å². The zero-order valence-corrected chi connectivity index (χ0v) is 16.6. The van der Waals surface area contributed by atoms with Gasteiger partial charge in [0.1, 0.15) is 6.10 Å². The molecule has 164 valence electrons. The van der Waals surface area contributed by atoms with E-state index >= 15 is 4.39 Å². The molecule has 0 unspecified atom stereocenters. The van der Waals surface area contributed by atoms with Gasteiger partial charge in [-0.15, -0.1) is 0 Å². The van der Waals surface area contributed by atoms with Gasteiger partial charge in [-0.05, 0) is 25.7 Å². The molecule has 1 saturated carbocycles. The first-order valence-corrected chi connectivity index (χ1v) is 10.0. The number of carbonyl (C=O) groups excluding carboxylic acids is 2. The van der Waals surface area contributed by atoms with Crippen LogP contribution in [0.25, 0.3) is 0 Å². The summed E-state index contributed by atoms with van der Waals surface area (Å²) < 4.78 is 42.5. The molecule has 1 aromatic rings. The average Bonchev–Trinajstić information content (AvgIpc) is 3.37. The number of halogens is 1. The van der Waals surface area contributed by atoms with Gasteiger partial charge in [0, 0.05) is 12.3 Å². The summed E-state index contributed by atoms with van der Waals surface area (Å²) in [4.78, 5) is 40.0. The van der Waals surface area contributed by atoms with Crippen LogP contribution in [0, 0.1) is 5.92 Å². The second kappa shape index (κ2) is 7.86. The second-order valence-electron chi connectivity index (χ2n) is 7.56. The van der Waals surface area contributed by atoms with E-state index in [1.165, 1.54) is 12.3 Å². The molecule has 30 heavy (non-hydrogen) atoms. The van der Waals surface area contributed by atoms with E-state index in [9.17, 15) is 14.4 Å². The molecule has 3 heterocycles. The molecule has 0 bridgehead atoms. The van der Waals surface area contributed by atoms with Crippen LogP contribution in [0.5, 0.6) is 5.88 Å². The lowest BCUT2D eigenvalue weighted by molar-refractivity contribution is -0.220. The fourth-order valence-electron chi connectivity index (χ4n) is 3.50. The first-order chi connectivity index (χ1) is 14.3. The Balaban J connectivity index is 1.53. The zero-order chi connectivity index (χ0) is 21.5. The van der Waals surface area contributed by atoms with Crippen molar-refractivity contribution in [3.05, 3.63) is 22.7 Å². The third-order valence-corrected chi connectivity index (χ3v) is 5.40. The maximum absolute atomic E-state index is 15.6. The van der Waals surface area contributed by atoms with Gasteiger partial charge in [0.25, 0.3) is 5.85 Å². The van der Waals surface area contributed by atoms with E-state index in [-0.39, 0.29) is 17.9 Å². The molecule has 2 saturated heterocycles. The van der Waals surface area contributed by atoms with Crippen molar-refractivity contribution in [3.8, 4) is 5.88 Å². The molecule has 0 aromatic carbocycles. The predicted molar refractivity (Wildman–Crippen MR) is 96.3 cm³/mol. The highest BCUT2D eigenvalue weighted by molar-refractivity contribution is 5.72. The predicted octanol–water partition coefficient (Wildman–Crippen LogP) is 1.86. The lowest BCUT2D eigenvalue weighted by Crippen LogP contribution is -2.43. The number of esters is 1. The maximum atomic E-state index is 15.6. The molecular weight excluding hydrogens is 403 g/mol. The van der Waals surface area contributed by atoms with Gasteiger partial charge in [-0.25, -0.2) is 14.0 Å². The van der Waals surface area contributed by atoms with Gasteiger partial charge in [-0.3, -0.25) is 9.36 Å². The molecular formula is C19H23FN2O8. The van der Waals surface area contributed by atoms with E-state index in [4.69, 9.17) is 23.7 Å². The van der Waals surface area contributed by atoms with Crippen LogP contribution in [0.2, 0.25) is 0 Å². The summed E-state index contributed by atoms with van der Waals surface area (Å²) in [7, 11) is 0. The number of fused-ring (bicyclic) bond motifs is 1. The molecule has 0 amide bonds. The van der Waals surface area contributed by atoms with Crippen molar-refractivity contribution in [2.75, 3.05) is 6.61 Å². The van der Waals surface area contributed by atoms with Crippen LogP contribution in [0.1, 0.15) is 45.8 Å². The number of ether oxygens (including phenoxy) is 5. The van der Waals surface area contributed by atoms with Gasteiger partial charge in [0.15, 0.2) is 18.9 Å². The highest BCUT2D eigenvalue weighted by Crippen LogP contribution is 2.45. The van der Waals surface area contributed by atoms with Crippen LogP contribution in [0.15, 0.2) is 17.1 Å². The summed E-state index contributed by atoms with van der Waals surface area (Å²) in [6.45, 7) is 2.84. The minimum Gasteiger partial charge on any atom is -0.474 e. The summed E-state index contributed by atoms with van der Waals surface area (Å²) in [6, 6.07) is 1.45. The summed E-state index contributed by atoms with van der Waals surface area (Å²) in [6.07, 6.45) is -0.939. The zero-order valence-electron chi connectivity index (χ0n) is 16.6. The van der Waals surface area contributed by atoms with E-state index in [1.807, 2.05) is 13.8 Å². The Morgan fingerprint density at radius 3 is 2.70 bits per heavy atom. The monoisotopic (exact) mass is 426 g/mol. The Labute approximate surface area is 171 Å². The number of hydrogen-bond donors (Lipinski definition) is 0. The molecule has 1 aromatic heterocycles. The molecule has 0 radical (unpaired) electrons. The van der Waals surface area contributed by atoms with E-state index in [2.05, 4.69) is 4.98 Å². The van der Waals surface area contributed by atoms with Crippen molar-refractivity contribution in [2.24, 2.45) is 5.92 Å². The topological polar surface area (TPSA) is 115 Å². The minimum atomic E-state index is -2.67. The van der Waals surface area contributed by atoms with E-state index in [0.717, 1.165) is 17.4 Å². The Kier molecular flexibility index (Phi) is 5.39. The molecule has 10 nitrogen and oxygen atoms in total. The van der Waals surface area contributed by atoms with Crippen molar-refractivity contribution in [1.82, 2.24) is 9.55 Å². The van der Waals surface area contributed by atoms with Crippen molar-refractivity contribution in [2.45, 2.75) is 69.9 Å². The van der Waals surface area contributed by atoms with Gasteiger partial charge >= 0.3 is 17.8 Å². The number of aromatic nitrogens is 2. The van der Waals surface area contributed by atoms with Crippen molar-refractivity contribution in [1.29, 1.82) is 0 Å². The number of nitrogens with zero attached hydrogens (tertiary/aromatic N) is 2. The summed E-state index contributed by atoms with van der Waals surface area (Å²) in [5, 5.41) is 0. The van der Waals surface area contributed by atoms with Gasteiger partial charge in [-0.1, -0.05) is 13.8 Å². The number of carbonyl (C=O) groups is 2. The van der Waals surface area contributed by atoms with E-state index in [0.29, 0.717) is 12.8 Å². The number of hydrogen-bond acceptors (Lipinski definition) is 9. The Hall–Kier alpha value is -2.69. The maximum Gasteiger partial charge on any atom is 0.509 e. The third-order valence-electron chi connectivity index (χ3n) is 5.40. The van der Waals surface area contributed by atoms with Crippen LogP contribution in [-0.2, 0) is 23.7 Å². The third kappa shape index (κ3) is 3.85. The van der Waals surface area contributed by atoms with Crippen molar-refractivity contribution >= 4 is 12.1 Å². The largest absolute Gasteiger partial charge is 0.509 e. The van der Waals surface area contributed by atoms with Crippen molar-refractivity contribution in [3.63, 3.8) is 0 Å². The lowest BCUT2D eigenvalue weighted by Gasteiger charge is -2.24.